The summed E-state index contributed by atoms with van der Waals surface area (Å²) in [5.41, 5.74) is 3.26. The van der Waals surface area contributed by atoms with Gasteiger partial charge in [-0.25, -0.2) is 4.79 Å². The van der Waals surface area contributed by atoms with E-state index in [-0.39, 0.29) is 29.8 Å². The summed E-state index contributed by atoms with van der Waals surface area (Å²) in [6, 6.07) is 12.8. The predicted octanol–water partition coefficient (Wildman–Crippen LogP) is 4.00. The summed E-state index contributed by atoms with van der Waals surface area (Å²) in [7, 11) is 1.17. The van der Waals surface area contributed by atoms with Crippen LogP contribution in [0.15, 0.2) is 67.0 Å². The summed E-state index contributed by atoms with van der Waals surface area (Å²) in [6.45, 7) is 11.5. The molecule has 0 fully saturated rings. The summed E-state index contributed by atoms with van der Waals surface area (Å²) in [5.74, 6) is -1.44. The molecule has 1 aliphatic rings. The second-order valence-corrected chi connectivity index (χ2v) is 8.65. The lowest BCUT2D eigenvalue weighted by Crippen LogP contribution is -2.36. The number of hydrogen-bond donors (Lipinski definition) is 2. The highest BCUT2D eigenvalue weighted by Gasteiger charge is 2.33. The Morgan fingerprint density at radius 1 is 1.06 bits per heavy atom. The minimum atomic E-state index is -0.788. The van der Waals surface area contributed by atoms with Crippen LogP contribution in [0, 0.1) is 5.92 Å². The Bertz CT molecular complexity index is 1200. The molecule has 0 spiro atoms. The average molecular weight is 476 g/mol. The molecule has 3 amide bonds. The zero-order valence-corrected chi connectivity index (χ0v) is 20.1. The van der Waals surface area contributed by atoms with Crippen molar-refractivity contribution in [2.45, 2.75) is 33.2 Å². The first-order valence-corrected chi connectivity index (χ1v) is 11.2. The molecule has 1 aliphatic heterocycles. The Balaban J connectivity index is 1.75. The number of anilines is 1. The molecule has 0 atom stereocenters. The van der Waals surface area contributed by atoms with E-state index < -0.39 is 11.9 Å². The first-order valence-electron chi connectivity index (χ1n) is 11.2. The maximum atomic E-state index is 13.0. The maximum absolute atomic E-state index is 13.0. The van der Waals surface area contributed by atoms with E-state index in [2.05, 4.69) is 42.4 Å². The number of benzene rings is 2. The molecule has 2 N–H and O–H groups in total. The summed E-state index contributed by atoms with van der Waals surface area (Å²) < 4.78 is 4.52. The van der Waals surface area contributed by atoms with Crippen molar-refractivity contribution in [3.8, 4) is 11.1 Å². The van der Waals surface area contributed by atoms with E-state index in [4.69, 9.17) is 0 Å². The fourth-order valence-corrected chi connectivity index (χ4v) is 3.70. The number of fused-ring (bicyclic) bond motifs is 1. The lowest BCUT2D eigenvalue weighted by molar-refractivity contribution is -0.137. The fourth-order valence-electron chi connectivity index (χ4n) is 3.70. The second-order valence-electron chi connectivity index (χ2n) is 8.65. The van der Waals surface area contributed by atoms with Crippen LogP contribution in [0.2, 0.25) is 0 Å². The van der Waals surface area contributed by atoms with Gasteiger partial charge in [-0.3, -0.25) is 19.3 Å². The topological polar surface area (TPSA) is 105 Å². The van der Waals surface area contributed by atoms with Crippen molar-refractivity contribution in [2.24, 2.45) is 5.92 Å². The number of amides is 3. The highest BCUT2D eigenvalue weighted by Crippen LogP contribution is 2.34. The summed E-state index contributed by atoms with van der Waals surface area (Å²) in [5, 5.41) is 5.20. The number of nitrogens with one attached hydrogen (secondary N) is 2. The van der Waals surface area contributed by atoms with E-state index in [0.717, 1.165) is 23.1 Å². The molecule has 1 heterocycles. The van der Waals surface area contributed by atoms with Crippen LogP contribution in [0.3, 0.4) is 0 Å². The van der Waals surface area contributed by atoms with Gasteiger partial charge in [-0.15, -0.1) is 0 Å². The van der Waals surface area contributed by atoms with E-state index in [1.807, 2.05) is 30.3 Å². The number of nitrogens with zero attached hydrogens (tertiary/aromatic N) is 1. The van der Waals surface area contributed by atoms with Crippen molar-refractivity contribution in [1.29, 1.82) is 0 Å². The summed E-state index contributed by atoms with van der Waals surface area (Å²) in [4.78, 5) is 50.4. The Hall–Kier alpha value is -4.20. The van der Waals surface area contributed by atoms with Crippen molar-refractivity contribution in [1.82, 2.24) is 10.2 Å². The lowest BCUT2D eigenvalue weighted by Gasteiger charge is -2.18. The van der Waals surface area contributed by atoms with Crippen LogP contribution in [0.4, 0.5) is 5.69 Å². The van der Waals surface area contributed by atoms with Crippen LogP contribution in [0.5, 0.6) is 0 Å². The number of rotatable bonds is 9. The fraction of sp³-hybridized carbons (Fsp3) is 0.259. The molecule has 0 bridgehead atoms. The smallest absolute Gasteiger partial charge is 0.353 e. The molecule has 2 aromatic rings. The molecular weight excluding hydrogens is 446 g/mol. The molecule has 8 heteroatoms. The predicted molar refractivity (Wildman–Crippen MR) is 133 cm³/mol. The van der Waals surface area contributed by atoms with Gasteiger partial charge < -0.3 is 15.4 Å². The first kappa shape index (κ1) is 25.4. The number of carbonyl (C=O) groups excluding carboxylic acids is 4. The zero-order chi connectivity index (χ0) is 25.7. The van der Waals surface area contributed by atoms with Gasteiger partial charge in [-0.05, 0) is 47.2 Å². The standard InChI is InChI=1S/C27H29N3O5/c1-16(2)9-14-24(31)29-20-12-10-19(11-13-20)21-7-6-8-22-23(21)15-30(26(22)33)18(4)25(32)28-17(3)27(34)35-5/h6-8,10-13,16H,3-4,9,14-15H2,1-2,5H3,(H,28,32)(H,29,31). The van der Waals surface area contributed by atoms with Crippen LogP contribution >= 0.6 is 0 Å². The van der Waals surface area contributed by atoms with Gasteiger partial charge in [-0.1, -0.05) is 51.3 Å². The minimum absolute atomic E-state index is 0.0278. The van der Waals surface area contributed by atoms with Gasteiger partial charge in [0.1, 0.15) is 11.4 Å². The molecule has 35 heavy (non-hydrogen) atoms. The van der Waals surface area contributed by atoms with Crippen LogP contribution < -0.4 is 10.6 Å². The third-order valence-electron chi connectivity index (χ3n) is 5.68. The second kappa shape index (κ2) is 10.8. The number of ether oxygens (including phenoxy) is 1. The summed E-state index contributed by atoms with van der Waals surface area (Å²) in [6.07, 6.45) is 1.29. The molecule has 0 unspecified atom stereocenters. The summed E-state index contributed by atoms with van der Waals surface area (Å²) >= 11 is 0. The van der Waals surface area contributed by atoms with Crippen molar-refractivity contribution in [3.63, 3.8) is 0 Å². The van der Waals surface area contributed by atoms with Crippen molar-refractivity contribution in [2.75, 3.05) is 12.4 Å². The van der Waals surface area contributed by atoms with E-state index >= 15 is 0 Å². The van der Waals surface area contributed by atoms with Gasteiger partial charge >= 0.3 is 5.97 Å². The quantitative estimate of drug-likeness (QED) is 0.421. The maximum Gasteiger partial charge on any atom is 0.353 e. The molecule has 0 aromatic heterocycles. The lowest BCUT2D eigenvalue weighted by atomic mass is 9.97. The molecule has 3 rings (SSSR count). The van der Waals surface area contributed by atoms with E-state index in [9.17, 15) is 19.2 Å². The molecule has 8 nitrogen and oxygen atoms in total. The number of hydrogen-bond acceptors (Lipinski definition) is 5. The van der Waals surface area contributed by atoms with Crippen molar-refractivity contribution >= 4 is 29.4 Å². The van der Waals surface area contributed by atoms with Crippen LogP contribution in [-0.2, 0) is 25.7 Å². The first-order chi connectivity index (χ1) is 16.6. The van der Waals surface area contributed by atoms with Gasteiger partial charge in [0.15, 0.2) is 0 Å². The third-order valence-corrected chi connectivity index (χ3v) is 5.68. The number of carbonyl (C=O) groups is 4. The number of methoxy groups -OCH3 is 1. The van der Waals surface area contributed by atoms with E-state index in [1.54, 1.807) is 12.1 Å². The molecule has 2 aromatic carbocycles. The van der Waals surface area contributed by atoms with Gasteiger partial charge in [0.25, 0.3) is 11.8 Å². The number of esters is 1. The minimum Gasteiger partial charge on any atom is -0.464 e. The zero-order valence-electron chi connectivity index (χ0n) is 20.1. The SMILES string of the molecule is C=C(NC(=O)C(=C)N1Cc2c(cccc2-c2ccc(NC(=O)CCC(C)C)cc2)C1=O)C(=O)OC. The van der Waals surface area contributed by atoms with Gasteiger partial charge in [0.2, 0.25) is 5.91 Å². The van der Waals surface area contributed by atoms with E-state index in [0.29, 0.717) is 23.6 Å². The Labute approximate surface area is 204 Å². The highest BCUT2D eigenvalue weighted by atomic mass is 16.5. The van der Waals surface area contributed by atoms with Gasteiger partial charge in [0.05, 0.1) is 13.7 Å². The Morgan fingerprint density at radius 3 is 2.34 bits per heavy atom. The largest absolute Gasteiger partial charge is 0.464 e. The Kier molecular flexibility index (Phi) is 7.86. The molecule has 0 radical (unpaired) electrons. The van der Waals surface area contributed by atoms with Crippen molar-refractivity contribution < 1.29 is 23.9 Å². The Morgan fingerprint density at radius 2 is 1.71 bits per heavy atom. The molecule has 182 valence electrons. The van der Waals surface area contributed by atoms with Gasteiger partial charge in [0, 0.05) is 17.7 Å². The molecule has 0 saturated carbocycles. The highest BCUT2D eigenvalue weighted by molar-refractivity contribution is 6.07. The van der Waals surface area contributed by atoms with E-state index in [1.165, 1.54) is 12.0 Å². The molecular formula is C27H29N3O5. The van der Waals surface area contributed by atoms with Crippen LogP contribution in [0.1, 0.15) is 42.6 Å². The average Bonchev–Trinajstić information content (AvgIpc) is 3.18. The molecule has 0 saturated heterocycles. The van der Waals surface area contributed by atoms with Gasteiger partial charge in [-0.2, -0.15) is 0 Å². The van der Waals surface area contributed by atoms with Crippen molar-refractivity contribution in [3.05, 3.63) is 78.1 Å². The van der Waals surface area contributed by atoms with Crippen LogP contribution in [-0.4, -0.2) is 35.7 Å². The van der Waals surface area contributed by atoms with Crippen LogP contribution in [0.25, 0.3) is 11.1 Å². The third kappa shape index (κ3) is 5.84. The normalized spacial score (nSPS) is 12.2. The molecule has 0 aliphatic carbocycles. The monoisotopic (exact) mass is 475 g/mol.